The lowest BCUT2D eigenvalue weighted by atomic mass is 9.75. The molecular formula is C27H46O5. The van der Waals surface area contributed by atoms with Crippen molar-refractivity contribution < 1.29 is 24.2 Å². The van der Waals surface area contributed by atoms with Crippen molar-refractivity contribution in [3.05, 3.63) is 24.3 Å². The summed E-state index contributed by atoms with van der Waals surface area (Å²) in [5, 5.41) is 10.2. The molecule has 5 nitrogen and oxygen atoms in total. The number of hydrogen-bond donors (Lipinski definition) is 1. The number of methoxy groups -OCH3 is 1. The van der Waals surface area contributed by atoms with Gasteiger partial charge < -0.3 is 14.6 Å². The highest BCUT2D eigenvalue weighted by molar-refractivity contribution is 5.69. The minimum Gasteiger partial charge on any atom is -0.469 e. The van der Waals surface area contributed by atoms with Crippen LogP contribution in [-0.2, 0) is 19.1 Å². The number of ether oxygens (including phenoxy) is 2. The quantitative estimate of drug-likeness (QED) is 0.170. The topological polar surface area (TPSA) is 72.8 Å². The van der Waals surface area contributed by atoms with Crippen molar-refractivity contribution in [2.24, 2.45) is 11.8 Å². The van der Waals surface area contributed by atoms with Crippen molar-refractivity contribution in [1.29, 1.82) is 0 Å². The van der Waals surface area contributed by atoms with Gasteiger partial charge in [0.15, 0.2) is 0 Å². The Hall–Kier alpha value is -1.62. The second-order valence-corrected chi connectivity index (χ2v) is 9.12. The number of aliphatic hydroxyl groups excluding tert-OH is 1. The first-order chi connectivity index (χ1) is 15.5. The zero-order valence-electron chi connectivity index (χ0n) is 20.6. The van der Waals surface area contributed by atoms with E-state index in [9.17, 15) is 14.7 Å². The molecule has 0 saturated heterocycles. The fourth-order valence-electron chi connectivity index (χ4n) is 4.64. The Morgan fingerprint density at radius 3 is 2.44 bits per heavy atom. The van der Waals surface area contributed by atoms with Crippen LogP contribution >= 0.6 is 0 Å². The highest BCUT2D eigenvalue weighted by Crippen LogP contribution is 2.36. The lowest BCUT2D eigenvalue weighted by molar-refractivity contribution is -0.151. The Morgan fingerprint density at radius 2 is 1.72 bits per heavy atom. The normalized spacial score (nSPS) is 21.0. The van der Waals surface area contributed by atoms with Gasteiger partial charge >= 0.3 is 11.9 Å². The van der Waals surface area contributed by atoms with Crippen LogP contribution in [0, 0.1) is 11.8 Å². The number of unbranched alkanes of at least 4 members (excludes halogenated alkanes) is 5. The predicted octanol–water partition coefficient (Wildman–Crippen LogP) is 6.29. The summed E-state index contributed by atoms with van der Waals surface area (Å²) in [4.78, 5) is 23.1. The third kappa shape index (κ3) is 13.0. The zero-order chi connectivity index (χ0) is 23.6. The standard InChI is InChI=1S/C27H46O5/c1-4-5-6-7-8-9-17-24(29)18-12-10-15-23-16-11-13-19-25(23)26(32-22(2)28)20-14-21-27(30)31-3/h10,12,15,18,23-26,29H,4-9,11,13-14,16-17,19-21H2,1-3H3/b15-10+,18-12+/t23-,24?,25-,26?/m1/s1. The van der Waals surface area contributed by atoms with Crippen LogP contribution in [0.2, 0.25) is 0 Å². The van der Waals surface area contributed by atoms with Crippen LogP contribution < -0.4 is 0 Å². The molecule has 4 atom stereocenters. The van der Waals surface area contributed by atoms with Crippen LogP contribution in [0.4, 0.5) is 0 Å². The number of allylic oxidation sites excluding steroid dienone is 3. The maximum atomic E-state index is 11.7. The third-order valence-corrected chi connectivity index (χ3v) is 6.42. The van der Waals surface area contributed by atoms with E-state index < -0.39 is 0 Å². The van der Waals surface area contributed by atoms with Gasteiger partial charge in [-0.05, 0) is 38.0 Å². The van der Waals surface area contributed by atoms with E-state index in [0.29, 0.717) is 25.2 Å². The molecule has 0 bridgehead atoms. The first kappa shape index (κ1) is 28.4. The van der Waals surface area contributed by atoms with Crippen LogP contribution in [0.1, 0.15) is 104 Å². The van der Waals surface area contributed by atoms with E-state index >= 15 is 0 Å². The number of rotatable bonds is 16. The molecule has 0 amide bonds. The van der Waals surface area contributed by atoms with Gasteiger partial charge in [0.05, 0.1) is 13.2 Å². The Balaban J connectivity index is 2.53. The summed E-state index contributed by atoms with van der Waals surface area (Å²) >= 11 is 0. The predicted molar refractivity (Wildman–Crippen MR) is 129 cm³/mol. The molecule has 1 rings (SSSR count). The van der Waals surface area contributed by atoms with E-state index in [1.165, 1.54) is 52.6 Å². The lowest BCUT2D eigenvalue weighted by Gasteiger charge is -2.35. The molecule has 32 heavy (non-hydrogen) atoms. The summed E-state index contributed by atoms with van der Waals surface area (Å²) in [6.45, 7) is 3.67. The average molecular weight is 451 g/mol. The van der Waals surface area contributed by atoms with Crippen LogP contribution in [-0.4, -0.2) is 36.4 Å². The molecule has 1 saturated carbocycles. The molecule has 0 aromatic carbocycles. The molecule has 1 N–H and O–H groups in total. The highest BCUT2D eigenvalue weighted by atomic mass is 16.5. The minimum absolute atomic E-state index is 0.172. The van der Waals surface area contributed by atoms with Gasteiger partial charge in [0.2, 0.25) is 0 Å². The van der Waals surface area contributed by atoms with E-state index in [1.807, 2.05) is 18.2 Å². The highest BCUT2D eigenvalue weighted by Gasteiger charge is 2.32. The molecule has 2 unspecified atom stereocenters. The van der Waals surface area contributed by atoms with Crippen molar-refractivity contribution in [3.63, 3.8) is 0 Å². The van der Waals surface area contributed by atoms with E-state index in [0.717, 1.165) is 32.1 Å². The number of aliphatic hydroxyl groups is 1. The van der Waals surface area contributed by atoms with E-state index in [-0.39, 0.29) is 30.1 Å². The van der Waals surface area contributed by atoms with Gasteiger partial charge in [-0.3, -0.25) is 9.59 Å². The number of carbonyl (C=O) groups is 2. The maximum absolute atomic E-state index is 11.7. The number of esters is 2. The van der Waals surface area contributed by atoms with Crippen LogP contribution in [0.25, 0.3) is 0 Å². The fraction of sp³-hybridized carbons (Fsp3) is 0.778. The van der Waals surface area contributed by atoms with Gasteiger partial charge in [0.25, 0.3) is 0 Å². The largest absolute Gasteiger partial charge is 0.469 e. The molecule has 1 fully saturated rings. The van der Waals surface area contributed by atoms with E-state index in [1.54, 1.807) is 0 Å². The summed E-state index contributed by atoms with van der Waals surface area (Å²) in [6.07, 6.45) is 21.8. The molecule has 0 radical (unpaired) electrons. The summed E-state index contributed by atoms with van der Waals surface area (Å²) in [7, 11) is 1.39. The Morgan fingerprint density at radius 1 is 1.00 bits per heavy atom. The fourth-order valence-corrected chi connectivity index (χ4v) is 4.64. The van der Waals surface area contributed by atoms with Crippen LogP contribution in [0.5, 0.6) is 0 Å². The third-order valence-electron chi connectivity index (χ3n) is 6.42. The molecular weight excluding hydrogens is 404 g/mol. The summed E-state index contributed by atoms with van der Waals surface area (Å²) in [5.74, 6) is 0.116. The first-order valence-corrected chi connectivity index (χ1v) is 12.7. The van der Waals surface area contributed by atoms with Crippen molar-refractivity contribution in [3.8, 4) is 0 Å². The first-order valence-electron chi connectivity index (χ1n) is 12.7. The second kappa shape index (κ2) is 17.9. The van der Waals surface area contributed by atoms with Gasteiger partial charge in [-0.1, -0.05) is 82.6 Å². The van der Waals surface area contributed by atoms with Crippen molar-refractivity contribution in [2.75, 3.05) is 7.11 Å². The maximum Gasteiger partial charge on any atom is 0.305 e. The number of hydrogen-bond acceptors (Lipinski definition) is 5. The molecule has 184 valence electrons. The second-order valence-electron chi connectivity index (χ2n) is 9.12. The van der Waals surface area contributed by atoms with Crippen LogP contribution in [0.15, 0.2) is 24.3 Å². The number of carbonyl (C=O) groups excluding carboxylic acids is 2. The molecule has 0 spiro atoms. The van der Waals surface area contributed by atoms with Crippen molar-refractivity contribution in [1.82, 2.24) is 0 Å². The van der Waals surface area contributed by atoms with Crippen molar-refractivity contribution in [2.45, 2.75) is 116 Å². The Labute approximate surface area is 195 Å². The molecule has 1 aliphatic rings. The Bertz CT molecular complexity index is 568. The molecule has 0 heterocycles. The average Bonchev–Trinajstić information content (AvgIpc) is 2.78. The van der Waals surface area contributed by atoms with Crippen LogP contribution in [0.3, 0.4) is 0 Å². The van der Waals surface area contributed by atoms with Gasteiger partial charge in [0.1, 0.15) is 6.10 Å². The zero-order valence-corrected chi connectivity index (χ0v) is 20.6. The van der Waals surface area contributed by atoms with E-state index in [2.05, 4.69) is 13.0 Å². The molecule has 0 aromatic heterocycles. The summed E-state index contributed by atoms with van der Waals surface area (Å²) in [5.41, 5.74) is 0. The van der Waals surface area contributed by atoms with Gasteiger partial charge in [-0.2, -0.15) is 0 Å². The van der Waals surface area contributed by atoms with Gasteiger partial charge in [-0.25, -0.2) is 0 Å². The molecule has 0 aromatic rings. The summed E-state index contributed by atoms with van der Waals surface area (Å²) in [6, 6.07) is 0. The Kier molecular flexibility index (Phi) is 15.9. The minimum atomic E-state index is -0.389. The summed E-state index contributed by atoms with van der Waals surface area (Å²) < 4.78 is 10.4. The molecule has 5 heteroatoms. The van der Waals surface area contributed by atoms with Gasteiger partial charge in [-0.15, -0.1) is 0 Å². The van der Waals surface area contributed by atoms with E-state index in [4.69, 9.17) is 9.47 Å². The van der Waals surface area contributed by atoms with Gasteiger partial charge in [0, 0.05) is 19.3 Å². The lowest BCUT2D eigenvalue weighted by Crippen LogP contribution is -2.33. The van der Waals surface area contributed by atoms with Crippen molar-refractivity contribution >= 4 is 11.9 Å². The molecule has 1 aliphatic carbocycles. The monoisotopic (exact) mass is 450 g/mol. The SMILES string of the molecule is CCCCCCCCC(O)/C=C/C=C/[C@@H]1CCCC[C@H]1C(CCCC(=O)OC)OC(C)=O. The molecule has 0 aliphatic heterocycles. The smallest absolute Gasteiger partial charge is 0.305 e.